The number of halogens is 4. The molecule has 2 aliphatic heterocycles. The minimum atomic E-state index is -1.38. The van der Waals surface area contributed by atoms with E-state index in [1.807, 2.05) is 12.1 Å². The Morgan fingerprint density at radius 1 is 0.757 bits per heavy atom. The van der Waals surface area contributed by atoms with Gasteiger partial charge in [-0.3, -0.25) is 24.1 Å². The molecule has 4 aromatic carbocycles. The summed E-state index contributed by atoms with van der Waals surface area (Å²) in [6, 6.07) is 25.4. The topological polar surface area (TPSA) is 215 Å². The van der Waals surface area contributed by atoms with Crippen molar-refractivity contribution in [2.45, 2.75) is 57.2 Å². The zero-order valence-electron chi connectivity index (χ0n) is 40.3. The van der Waals surface area contributed by atoms with Gasteiger partial charge in [-0.2, -0.15) is 0 Å². The van der Waals surface area contributed by atoms with E-state index in [2.05, 4.69) is 48.3 Å². The molecule has 0 saturated carbocycles. The number of unbranched alkanes of at least 4 members (excludes halogenated alkanes) is 3. The van der Waals surface area contributed by atoms with Gasteiger partial charge in [-0.25, -0.2) is 14.8 Å². The fourth-order valence-corrected chi connectivity index (χ4v) is 9.13. The predicted molar refractivity (Wildman–Crippen MR) is 287 cm³/mol. The van der Waals surface area contributed by atoms with Gasteiger partial charge in [-0.05, 0) is 95.6 Å². The first-order valence-corrected chi connectivity index (χ1v) is 25.6. The maximum Gasteiger partial charge on any atom is 0.405 e. The lowest BCUT2D eigenvalue weighted by Gasteiger charge is -2.33. The van der Waals surface area contributed by atoms with Crippen molar-refractivity contribution in [3.05, 3.63) is 162 Å². The monoisotopic (exact) mass is 1080 g/mol. The van der Waals surface area contributed by atoms with Gasteiger partial charge in [-0.15, -0.1) is 0 Å². The van der Waals surface area contributed by atoms with Crippen molar-refractivity contribution >= 4 is 94.0 Å². The number of fused-ring (bicyclic) bond motifs is 1. The summed E-state index contributed by atoms with van der Waals surface area (Å²) in [5.41, 5.74) is 5.12. The number of nitrogens with one attached hydrogen (secondary N) is 4. The molecular formula is C54H56Cl4N8O8. The Morgan fingerprint density at radius 3 is 2.08 bits per heavy atom. The number of rotatable bonds is 22. The third-order valence-corrected chi connectivity index (χ3v) is 13.8. The van der Waals surface area contributed by atoms with Crippen LogP contribution in [0.1, 0.15) is 64.0 Å². The average Bonchev–Trinajstić information content (AvgIpc) is 3.39. The minimum absolute atomic E-state index is 0.0310. The van der Waals surface area contributed by atoms with Gasteiger partial charge in [0, 0.05) is 69.4 Å². The number of anilines is 1. The average molecular weight is 1090 g/mol. The quantitative estimate of drug-likeness (QED) is 0.0286. The molecule has 0 aliphatic carbocycles. The highest BCUT2D eigenvalue weighted by Crippen LogP contribution is 2.29. The number of likely N-dealkylation sites (tertiary alicyclic amines) is 1. The van der Waals surface area contributed by atoms with Crippen molar-refractivity contribution in [2.24, 2.45) is 0 Å². The smallest absolute Gasteiger partial charge is 0.405 e. The van der Waals surface area contributed by atoms with Crippen LogP contribution in [0, 0.1) is 0 Å². The first kappa shape index (κ1) is 55.2. The van der Waals surface area contributed by atoms with Gasteiger partial charge in [0.2, 0.25) is 11.8 Å². The highest BCUT2D eigenvalue weighted by molar-refractivity contribution is 6.42. The molecule has 3 heterocycles. The molecule has 20 heteroatoms. The number of carbonyl (C=O) groups excluding carboxylic acids is 4. The molecule has 7 rings (SSSR count). The van der Waals surface area contributed by atoms with Crippen LogP contribution in [0.15, 0.2) is 108 Å². The van der Waals surface area contributed by atoms with E-state index in [9.17, 15) is 34.2 Å². The summed E-state index contributed by atoms with van der Waals surface area (Å²) in [5.74, 6) is -0.585. The Morgan fingerprint density at radius 2 is 1.42 bits per heavy atom. The third-order valence-electron chi connectivity index (χ3n) is 12.3. The van der Waals surface area contributed by atoms with Crippen LogP contribution in [-0.4, -0.2) is 124 Å². The zero-order valence-corrected chi connectivity index (χ0v) is 43.3. The predicted octanol–water partition coefficient (Wildman–Crippen LogP) is 8.16. The number of aliphatic hydroxyl groups is 1. The van der Waals surface area contributed by atoms with E-state index >= 15 is 0 Å². The Hall–Kier alpha value is -6.53. The van der Waals surface area contributed by atoms with Crippen LogP contribution in [0.5, 0.6) is 5.75 Å². The van der Waals surface area contributed by atoms with Crippen LogP contribution in [0.2, 0.25) is 20.1 Å². The third kappa shape index (κ3) is 16.5. The number of hydrogen-bond acceptors (Lipinski definition) is 11. The minimum Gasteiger partial charge on any atom is -0.494 e. The standard InChI is InChI=1S/C54H56Cl4N8O8/c55-43-15-11-35(23-45(43)57)21-39-30-66(31-40(51(39)69)22-36-12-16-44(56)46(58)24-36)53(71)48(64-54(72)73)25-34-9-13-42(14-10-34)74-20-6-2-1-5-18-59-50(68)28-60-49-26-47(62-33-63-49)52(70)61-27-41(67)32-65-19-17-37-7-3-4-8-38(37)29-65/h3-4,7-16,21-24,26,33,41,48,64,67H,1-2,5-6,17-20,25,27-32H2,(H,59,68)(H,61,70)(H,72,73)(H,60,62,63)/b39-21+,40-22+. The molecule has 4 amide bonds. The van der Waals surface area contributed by atoms with Crippen LogP contribution in [-0.2, 0) is 33.8 Å². The molecule has 74 heavy (non-hydrogen) atoms. The molecular weight excluding hydrogens is 1030 g/mol. The summed E-state index contributed by atoms with van der Waals surface area (Å²) in [6.07, 6.45) is 6.57. The molecule has 16 nitrogen and oxygen atoms in total. The molecule has 1 aromatic heterocycles. The Balaban J connectivity index is 0.808. The van der Waals surface area contributed by atoms with Gasteiger partial charge in [0.15, 0.2) is 5.78 Å². The van der Waals surface area contributed by atoms with E-state index in [4.69, 9.17) is 51.1 Å². The number of carbonyl (C=O) groups is 5. The van der Waals surface area contributed by atoms with Gasteiger partial charge < -0.3 is 41.1 Å². The van der Waals surface area contributed by atoms with Gasteiger partial charge in [-0.1, -0.05) is 108 Å². The summed E-state index contributed by atoms with van der Waals surface area (Å²) in [5, 5.41) is 32.6. The molecule has 5 aromatic rings. The van der Waals surface area contributed by atoms with E-state index in [0.717, 1.165) is 45.2 Å². The number of aromatic nitrogens is 2. The Kier molecular flexibility index (Phi) is 20.3. The summed E-state index contributed by atoms with van der Waals surface area (Å²) >= 11 is 24.8. The normalized spacial score (nSPS) is 15.5. The number of amides is 4. The number of β-amino-alcohol motifs (C(OH)–C–C–N with tert-alkyl or cyclic N) is 1. The van der Waals surface area contributed by atoms with E-state index in [1.54, 1.807) is 72.8 Å². The van der Waals surface area contributed by atoms with E-state index < -0.39 is 30.1 Å². The van der Waals surface area contributed by atoms with E-state index in [-0.39, 0.29) is 61.1 Å². The van der Waals surface area contributed by atoms with Crippen LogP contribution < -0.4 is 26.0 Å². The first-order chi connectivity index (χ1) is 35.7. The number of piperidine rings is 1. The van der Waals surface area contributed by atoms with Crippen molar-refractivity contribution in [1.29, 1.82) is 0 Å². The van der Waals surface area contributed by atoms with Crippen molar-refractivity contribution in [3.63, 3.8) is 0 Å². The fraction of sp³-hybridized carbons (Fsp3) is 0.315. The summed E-state index contributed by atoms with van der Waals surface area (Å²) in [7, 11) is 0. The molecule has 0 bridgehead atoms. The molecule has 2 aliphatic rings. The zero-order chi connectivity index (χ0) is 52.6. The molecule has 0 radical (unpaired) electrons. The second kappa shape index (κ2) is 27.1. The number of Topliss-reactive ketones (excluding diaryl/α,β-unsaturated/α-hetero) is 1. The molecule has 6 N–H and O–H groups in total. The number of aliphatic hydroxyl groups excluding tert-OH is 1. The van der Waals surface area contributed by atoms with Crippen molar-refractivity contribution in [3.8, 4) is 5.75 Å². The van der Waals surface area contributed by atoms with Gasteiger partial charge >= 0.3 is 6.09 Å². The number of nitrogens with zero attached hydrogens (tertiary/aromatic N) is 4. The fourth-order valence-electron chi connectivity index (χ4n) is 8.51. The number of benzene rings is 4. The maximum absolute atomic E-state index is 14.2. The molecule has 1 saturated heterocycles. The van der Waals surface area contributed by atoms with Crippen LogP contribution in [0.3, 0.4) is 0 Å². The van der Waals surface area contributed by atoms with Crippen LogP contribution in [0.25, 0.3) is 12.2 Å². The second-order valence-electron chi connectivity index (χ2n) is 17.9. The number of carboxylic acid groups (broad SMARTS) is 1. The molecule has 388 valence electrons. The molecule has 2 atom stereocenters. The van der Waals surface area contributed by atoms with Crippen molar-refractivity contribution < 1.29 is 38.9 Å². The lowest BCUT2D eigenvalue weighted by atomic mass is 9.93. The van der Waals surface area contributed by atoms with Crippen molar-refractivity contribution in [1.82, 2.24) is 35.7 Å². The lowest BCUT2D eigenvalue weighted by Crippen LogP contribution is -2.52. The van der Waals surface area contributed by atoms with E-state index in [0.29, 0.717) is 68.0 Å². The summed E-state index contributed by atoms with van der Waals surface area (Å²) < 4.78 is 5.95. The largest absolute Gasteiger partial charge is 0.494 e. The van der Waals surface area contributed by atoms with Crippen LogP contribution >= 0.6 is 46.4 Å². The van der Waals surface area contributed by atoms with Crippen molar-refractivity contribution in [2.75, 3.05) is 57.7 Å². The number of ether oxygens (including phenoxy) is 1. The molecule has 1 fully saturated rings. The highest BCUT2D eigenvalue weighted by atomic mass is 35.5. The number of ketones is 1. The lowest BCUT2D eigenvalue weighted by molar-refractivity contribution is -0.133. The van der Waals surface area contributed by atoms with E-state index in [1.165, 1.54) is 28.4 Å². The first-order valence-electron chi connectivity index (χ1n) is 24.1. The maximum atomic E-state index is 14.2. The van der Waals surface area contributed by atoms with Gasteiger partial charge in [0.1, 0.15) is 29.6 Å². The van der Waals surface area contributed by atoms with Crippen LogP contribution in [0.4, 0.5) is 10.6 Å². The molecule has 0 spiro atoms. The van der Waals surface area contributed by atoms with Gasteiger partial charge in [0.25, 0.3) is 5.91 Å². The Bertz CT molecular complexity index is 2810. The van der Waals surface area contributed by atoms with Gasteiger partial charge in [0.05, 0.1) is 39.3 Å². The summed E-state index contributed by atoms with van der Waals surface area (Å²) in [4.78, 5) is 77.1. The SMILES string of the molecule is O=C(O)NC(Cc1ccc(OCCCCCCNC(=O)CNc2cc(C(=O)NCC(O)CN3CCc4ccccc4C3)ncn2)cc1)C(=O)N1C/C(=C\c2ccc(Cl)c(Cl)c2)C(=O)/C(=C/c2ccc(Cl)c(Cl)c2)C1. The summed E-state index contributed by atoms with van der Waals surface area (Å²) in [6.45, 7) is 2.81. The highest BCUT2D eigenvalue weighted by Gasteiger charge is 2.34. The second-order valence-corrected chi connectivity index (χ2v) is 19.6. The Labute approximate surface area is 449 Å². The molecule has 2 unspecified atom stereocenters. The number of hydrogen-bond donors (Lipinski definition) is 6.